The minimum absolute atomic E-state index is 0.141. The average Bonchev–Trinajstić information content (AvgIpc) is 2.78. The molecule has 100 valence electrons. The summed E-state index contributed by atoms with van der Waals surface area (Å²) in [4.78, 5) is 6.68. The second-order valence-corrected chi connectivity index (χ2v) is 5.18. The highest BCUT2D eigenvalue weighted by atomic mass is 32.1. The summed E-state index contributed by atoms with van der Waals surface area (Å²) in [5.41, 5.74) is 5.48. The lowest BCUT2D eigenvalue weighted by Gasteiger charge is -2.35. The van der Waals surface area contributed by atoms with Gasteiger partial charge in [0.2, 0.25) is 5.82 Å². The smallest absolute Gasteiger partial charge is 0.208 e. The largest absolute Gasteiger partial charge is 0.387 e. The molecule has 0 bridgehead atoms. The van der Waals surface area contributed by atoms with Gasteiger partial charge in [-0.3, -0.25) is 4.90 Å². The molecule has 0 spiro atoms. The predicted octanol–water partition coefficient (Wildman–Crippen LogP) is 0.0215. The summed E-state index contributed by atoms with van der Waals surface area (Å²) < 4.78 is 7.48. The van der Waals surface area contributed by atoms with Crippen molar-refractivity contribution in [1.82, 2.24) is 19.7 Å². The number of nitrogens with two attached hydrogens (primary N) is 1. The predicted molar refractivity (Wildman–Crippen MR) is 72.4 cm³/mol. The van der Waals surface area contributed by atoms with Crippen molar-refractivity contribution in [3.8, 4) is 0 Å². The van der Waals surface area contributed by atoms with E-state index in [0.29, 0.717) is 18.4 Å². The number of thiocarbonyl (C=S) groups is 1. The normalized spacial score (nSPS) is 21.4. The van der Waals surface area contributed by atoms with E-state index in [9.17, 15) is 0 Å². The lowest BCUT2D eigenvalue weighted by atomic mass is 10.2. The number of ether oxygens (including phenoxy) is 1. The molecular weight excluding hydrogens is 250 g/mol. The van der Waals surface area contributed by atoms with Gasteiger partial charge in [0.25, 0.3) is 0 Å². The Morgan fingerprint density at radius 1 is 1.67 bits per heavy atom. The maximum absolute atomic E-state index is 5.74. The van der Waals surface area contributed by atoms with E-state index >= 15 is 0 Å². The number of hydrogen-bond donors (Lipinski definition) is 1. The second-order valence-electron chi connectivity index (χ2n) is 4.74. The topological polar surface area (TPSA) is 69.2 Å². The van der Waals surface area contributed by atoms with Crippen LogP contribution >= 0.6 is 12.2 Å². The third-order valence-corrected chi connectivity index (χ3v) is 3.23. The van der Waals surface area contributed by atoms with E-state index in [1.54, 1.807) is 11.0 Å². The van der Waals surface area contributed by atoms with Crippen molar-refractivity contribution >= 4 is 17.2 Å². The SMILES string of the molecule is CC(C)N1CCOC(Cn2cnc(C(N)=S)n2)C1. The summed E-state index contributed by atoms with van der Waals surface area (Å²) in [7, 11) is 0. The Labute approximate surface area is 112 Å². The molecule has 0 amide bonds. The van der Waals surface area contributed by atoms with Crippen LogP contribution in [0.5, 0.6) is 0 Å². The lowest BCUT2D eigenvalue weighted by Crippen LogP contribution is -2.47. The molecular formula is C11H19N5OS. The zero-order valence-corrected chi connectivity index (χ0v) is 11.6. The molecule has 2 heterocycles. The van der Waals surface area contributed by atoms with Gasteiger partial charge in [-0.2, -0.15) is 0 Å². The Morgan fingerprint density at radius 3 is 3.06 bits per heavy atom. The highest BCUT2D eigenvalue weighted by molar-refractivity contribution is 7.80. The fourth-order valence-corrected chi connectivity index (χ4v) is 2.12. The van der Waals surface area contributed by atoms with E-state index in [2.05, 4.69) is 28.8 Å². The van der Waals surface area contributed by atoms with Gasteiger partial charge < -0.3 is 10.5 Å². The van der Waals surface area contributed by atoms with Gasteiger partial charge in [0, 0.05) is 19.1 Å². The number of morpholine rings is 1. The number of nitrogens with zero attached hydrogens (tertiary/aromatic N) is 4. The van der Waals surface area contributed by atoms with Crippen molar-refractivity contribution in [3.05, 3.63) is 12.2 Å². The summed E-state index contributed by atoms with van der Waals surface area (Å²) in [6.45, 7) is 7.74. The first-order valence-electron chi connectivity index (χ1n) is 6.11. The molecule has 0 aromatic carbocycles. The van der Waals surface area contributed by atoms with Crippen LogP contribution in [0.3, 0.4) is 0 Å². The van der Waals surface area contributed by atoms with Gasteiger partial charge in [0.1, 0.15) is 11.3 Å². The molecule has 18 heavy (non-hydrogen) atoms. The Balaban J connectivity index is 1.94. The Bertz CT molecular complexity index is 419. The summed E-state index contributed by atoms with van der Waals surface area (Å²) in [6.07, 6.45) is 1.79. The van der Waals surface area contributed by atoms with E-state index in [0.717, 1.165) is 19.7 Å². The van der Waals surface area contributed by atoms with Gasteiger partial charge in [-0.1, -0.05) is 12.2 Å². The fraction of sp³-hybridized carbons (Fsp3) is 0.727. The third-order valence-electron chi connectivity index (χ3n) is 3.05. The molecule has 0 aliphatic carbocycles. The van der Waals surface area contributed by atoms with Crippen LogP contribution in [-0.4, -0.2) is 56.5 Å². The first kappa shape index (κ1) is 13.4. The van der Waals surface area contributed by atoms with E-state index < -0.39 is 0 Å². The van der Waals surface area contributed by atoms with E-state index in [4.69, 9.17) is 22.7 Å². The Kier molecular flexibility index (Phi) is 4.26. The zero-order valence-electron chi connectivity index (χ0n) is 10.7. The van der Waals surface area contributed by atoms with Gasteiger partial charge in [-0.15, -0.1) is 5.10 Å². The van der Waals surface area contributed by atoms with Crippen molar-refractivity contribution in [2.45, 2.75) is 32.5 Å². The van der Waals surface area contributed by atoms with Crippen LogP contribution in [0.25, 0.3) is 0 Å². The van der Waals surface area contributed by atoms with Gasteiger partial charge >= 0.3 is 0 Å². The lowest BCUT2D eigenvalue weighted by molar-refractivity contribution is -0.0470. The van der Waals surface area contributed by atoms with Crippen molar-refractivity contribution in [1.29, 1.82) is 0 Å². The van der Waals surface area contributed by atoms with Crippen LogP contribution in [0.1, 0.15) is 19.7 Å². The van der Waals surface area contributed by atoms with Crippen molar-refractivity contribution < 1.29 is 4.74 Å². The molecule has 2 rings (SSSR count). The summed E-state index contributed by atoms with van der Waals surface area (Å²) >= 11 is 4.83. The van der Waals surface area contributed by atoms with Crippen molar-refractivity contribution in [2.24, 2.45) is 5.73 Å². The van der Waals surface area contributed by atoms with Gasteiger partial charge in [-0.25, -0.2) is 9.67 Å². The van der Waals surface area contributed by atoms with Crippen LogP contribution in [0.4, 0.5) is 0 Å². The maximum atomic E-state index is 5.74. The third kappa shape index (κ3) is 3.24. The highest BCUT2D eigenvalue weighted by Gasteiger charge is 2.22. The molecule has 1 aromatic rings. The zero-order chi connectivity index (χ0) is 13.1. The second kappa shape index (κ2) is 5.73. The van der Waals surface area contributed by atoms with Crippen LogP contribution in [0.15, 0.2) is 6.33 Å². The van der Waals surface area contributed by atoms with Crippen LogP contribution in [0.2, 0.25) is 0 Å². The van der Waals surface area contributed by atoms with Crippen molar-refractivity contribution in [3.63, 3.8) is 0 Å². The summed E-state index contributed by atoms with van der Waals surface area (Å²) in [5, 5.41) is 4.21. The molecule has 1 aliphatic rings. The molecule has 1 unspecified atom stereocenters. The van der Waals surface area contributed by atoms with E-state index in [1.807, 2.05) is 0 Å². The summed E-state index contributed by atoms with van der Waals surface area (Å²) in [6, 6.07) is 0.541. The molecule has 1 saturated heterocycles. The fourth-order valence-electron chi connectivity index (χ4n) is 2.03. The highest BCUT2D eigenvalue weighted by Crippen LogP contribution is 2.10. The van der Waals surface area contributed by atoms with Crippen LogP contribution in [-0.2, 0) is 11.3 Å². The minimum Gasteiger partial charge on any atom is -0.387 e. The minimum atomic E-state index is 0.141. The van der Waals surface area contributed by atoms with Gasteiger partial charge in [0.05, 0.1) is 19.3 Å². The average molecular weight is 269 g/mol. The Morgan fingerprint density at radius 2 is 2.44 bits per heavy atom. The van der Waals surface area contributed by atoms with Gasteiger partial charge in [0.15, 0.2) is 0 Å². The Hall–Kier alpha value is -1.05. The molecule has 1 atom stereocenters. The van der Waals surface area contributed by atoms with Crippen molar-refractivity contribution in [2.75, 3.05) is 19.7 Å². The maximum Gasteiger partial charge on any atom is 0.208 e. The quantitative estimate of drug-likeness (QED) is 0.777. The monoisotopic (exact) mass is 269 g/mol. The summed E-state index contributed by atoms with van der Waals surface area (Å²) in [5.74, 6) is 0.418. The molecule has 0 saturated carbocycles. The molecule has 7 heteroatoms. The van der Waals surface area contributed by atoms with E-state index in [-0.39, 0.29) is 11.1 Å². The van der Waals surface area contributed by atoms with Crippen LogP contribution < -0.4 is 5.73 Å². The molecule has 0 radical (unpaired) electrons. The number of rotatable bonds is 4. The molecule has 1 aliphatic heterocycles. The van der Waals surface area contributed by atoms with Gasteiger partial charge in [-0.05, 0) is 13.8 Å². The number of aromatic nitrogens is 3. The standard InChI is InChI=1S/C11H19N5OS/c1-8(2)15-3-4-17-9(5-15)6-16-7-13-11(14-16)10(12)18/h7-9H,3-6H2,1-2H3,(H2,12,18). The molecule has 1 aromatic heterocycles. The van der Waals surface area contributed by atoms with E-state index in [1.165, 1.54) is 0 Å². The molecule has 6 nitrogen and oxygen atoms in total. The molecule has 1 fully saturated rings. The molecule has 2 N–H and O–H groups in total. The first-order valence-corrected chi connectivity index (χ1v) is 6.52. The number of hydrogen-bond acceptors (Lipinski definition) is 5. The first-order chi connectivity index (χ1) is 8.56. The van der Waals surface area contributed by atoms with Crippen LogP contribution in [0, 0.1) is 0 Å².